The molecule has 1 N–H and O–H groups in total. The first-order valence-corrected chi connectivity index (χ1v) is 9.70. The molecule has 108 valence electrons. The van der Waals surface area contributed by atoms with Crippen molar-refractivity contribution in [1.82, 2.24) is 9.62 Å². The van der Waals surface area contributed by atoms with Gasteiger partial charge in [0.15, 0.2) is 0 Å². The van der Waals surface area contributed by atoms with E-state index in [1.165, 1.54) is 6.26 Å². The van der Waals surface area contributed by atoms with Gasteiger partial charge in [-0.15, -0.1) is 0 Å². The lowest BCUT2D eigenvalue weighted by atomic mass is 9.99. The Bertz CT molecular complexity index is 333. The largest absolute Gasteiger partial charge is 0.313 e. The maximum Gasteiger partial charge on any atom is 0.211 e. The molecular weight excluding hydrogens is 268 g/mol. The Morgan fingerprint density at radius 1 is 1.50 bits per heavy atom. The summed E-state index contributed by atoms with van der Waals surface area (Å²) in [6.07, 6.45) is 3.42. The van der Waals surface area contributed by atoms with Crippen LogP contribution in [0.3, 0.4) is 0 Å². The van der Waals surface area contributed by atoms with E-state index in [0.29, 0.717) is 25.0 Å². The van der Waals surface area contributed by atoms with Crippen molar-refractivity contribution in [2.45, 2.75) is 32.7 Å². The minimum atomic E-state index is -3.01. The van der Waals surface area contributed by atoms with E-state index in [-0.39, 0.29) is 0 Å². The molecule has 4 nitrogen and oxygen atoms in total. The summed E-state index contributed by atoms with van der Waals surface area (Å²) in [6, 6.07) is 0.503. The SMILES string of the molecule is CCSCC(C)NCC1CCCN(S(C)(=O)=O)C1. The molecule has 0 aliphatic carbocycles. The van der Waals surface area contributed by atoms with Crippen LogP contribution in [0.4, 0.5) is 0 Å². The van der Waals surface area contributed by atoms with E-state index in [4.69, 9.17) is 0 Å². The van der Waals surface area contributed by atoms with Gasteiger partial charge in [-0.3, -0.25) is 0 Å². The van der Waals surface area contributed by atoms with Gasteiger partial charge in [-0.25, -0.2) is 12.7 Å². The molecule has 1 fully saturated rings. The summed E-state index contributed by atoms with van der Waals surface area (Å²) in [5.74, 6) is 2.73. The van der Waals surface area contributed by atoms with Crippen molar-refractivity contribution in [3.8, 4) is 0 Å². The Morgan fingerprint density at radius 2 is 2.22 bits per heavy atom. The van der Waals surface area contributed by atoms with Gasteiger partial charge in [0.25, 0.3) is 0 Å². The number of nitrogens with zero attached hydrogens (tertiary/aromatic N) is 1. The highest BCUT2D eigenvalue weighted by atomic mass is 32.2. The van der Waals surface area contributed by atoms with E-state index < -0.39 is 10.0 Å². The molecular formula is C12H26N2O2S2. The highest BCUT2D eigenvalue weighted by molar-refractivity contribution is 7.99. The molecule has 1 aliphatic heterocycles. The summed E-state index contributed by atoms with van der Waals surface area (Å²) < 4.78 is 24.6. The van der Waals surface area contributed by atoms with Gasteiger partial charge in [-0.05, 0) is 38.0 Å². The molecule has 1 aliphatic rings. The van der Waals surface area contributed by atoms with Gasteiger partial charge in [0.2, 0.25) is 10.0 Å². The van der Waals surface area contributed by atoms with E-state index in [0.717, 1.165) is 30.9 Å². The summed E-state index contributed by atoms with van der Waals surface area (Å²) in [7, 11) is -3.01. The lowest BCUT2D eigenvalue weighted by molar-refractivity contribution is 0.258. The van der Waals surface area contributed by atoms with Crippen LogP contribution in [0.1, 0.15) is 26.7 Å². The highest BCUT2D eigenvalue weighted by Gasteiger charge is 2.25. The Balaban J connectivity index is 2.30. The van der Waals surface area contributed by atoms with Crippen molar-refractivity contribution in [2.75, 3.05) is 37.4 Å². The minimum absolute atomic E-state index is 0.461. The normalized spacial score (nSPS) is 24.1. The molecule has 2 atom stereocenters. The Labute approximate surface area is 116 Å². The molecule has 0 amide bonds. The van der Waals surface area contributed by atoms with E-state index in [9.17, 15) is 8.42 Å². The van der Waals surface area contributed by atoms with Gasteiger partial charge in [-0.2, -0.15) is 11.8 Å². The zero-order valence-electron chi connectivity index (χ0n) is 11.7. The lowest BCUT2D eigenvalue weighted by Crippen LogP contribution is -2.44. The standard InChI is InChI=1S/C12H26N2O2S2/c1-4-17-10-11(2)13-8-12-6-5-7-14(9-12)18(3,15)16/h11-13H,4-10H2,1-3H3. The molecule has 18 heavy (non-hydrogen) atoms. The molecule has 1 heterocycles. The van der Waals surface area contributed by atoms with Crippen LogP contribution in [0, 0.1) is 5.92 Å². The second kappa shape index (κ2) is 7.72. The van der Waals surface area contributed by atoms with Crippen LogP contribution in [0.15, 0.2) is 0 Å². The minimum Gasteiger partial charge on any atom is -0.313 e. The van der Waals surface area contributed by atoms with Gasteiger partial charge in [0.1, 0.15) is 0 Å². The quantitative estimate of drug-likeness (QED) is 0.771. The number of thioether (sulfide) groups is 1. The van der Waals surface area contributed by atoms with Crippen LogP contribution >= 0.6 is 11.8 Å². The first-order chi connectivity index (χ1) is 8.43. The molecule has 0 bridgehead atoms. The Morgan fingerprint density at radius 3 is 2.83 bits per heavy atom. The molecule has 0 aromatic carbocycles. The molecule has 0 saturated carbocycles. The summed E-state index contributed by atoms with van der Waals surface area (Å²) in [4.78, 5) is 0. The molecule has 6 heteroatoms. The lowest BCUT2D eigenvalue weighted by Gasteiger charge is -2.31. The van der Waals surface area contributed by atoms with Crippen molar-refractivity contribution in [3.63, 3.8) is 0 Å². The number of sulfonamides is 1. The zero-order valence-corrected chi connectivity index (χ0v) is 13.3. The third-order valence-corrected chi connectivity index (χ3v) is 5.69. The molecule has 0 aromatic heterocycles. The van der Waals surface area contributed by atoms with Crippen molar-refractivity contribution >= 4 is 21.8 Å². The summed E-state index contributed by atoms with van der Waals surface area (Å²) in [5, 5.41) is 3.52. The Kier molecular flexibility index (Phi) is 6.98. The van der Waals surface area contributed by atoms with Gasteiger partial charge in [-0.1, -0.05) is 6.92 Å². The third-order valence-electron chi connectivity index (χ3n) is 3.28. The van der Waals surface area contributed by atoms with Crippen LogP contribution in [0.2, 0.25) is 0 Å². The predicted octanol–water partition coefficient (Wildman–Crippen LogP) is 1.39. The smallest absolute Gasteiger partial charge is 0.211 e. The fourth-order valence-electron chi connectivity index (χ4n) is 2.22. The van der Waals surface area contributed by atoms with Gasteiger partial charge < -0.3 is 5.32 Å². The van der Waals surface area contributed by atoms with Crippen molar-refractivity contribution in [2.24, 2.45) is 5.92 Å². The van der Waals surface area contributed by atoms with E-state index in [1.54, 1.807) is 4.31 Å². The number of hydrogen-bond acceptors (Lipinski definition) is 4. The Hall–Kier alpha value is 0.220. The van der Waals surface area contributed by atoms with Crippen molar-refractivity contribution in [3.05, 3.63) is 0 Å². The van der Waals surface area contributed by atoms with Gasteiger partial charge in [0, 0.05) is 24.9 Å². The average Bonchev–Trinajstić information content (AvgIpc) is 2.33. The fourth-order valence-corrected chi connectivity index (χ4v) is 3.87. The monoisotopic (exact) mass is 294 g/mol. The zero-order chi connectivity index (χ0) is 13.6. The van der Waals surface area contributed by atoms with Crippen LogP contribution < -0.4 is 5.32 Å². The van der Waals surface area contributed by atoms with Crippen LogP contribution in [0.25, 0.3) is 0 Å². The molecule has 1 rings (SSSR count). The molecule has 0 aromatic rings. The van der Waals surface area contributed by atoms with E-state index in [1.807, 2.05) is 11.8 Å². The second-order valence-corrected chi connectivity index (χ2v) is 8.40. The molecule has 1 saturated heterocycles. The van der Waals surface area contributed by atoms with Gasteiger partial charge >= 0.3 is 0 Å². The average molecular weight is 294 g/mol. The number of rotatable bonds is 7. The summed E-state index contributed by atoms with van der Waals surface area (Å²) >= 11 is 1.94. The topological polar surface area (TPSA) is 49.4 Å². The number of piperidine rings is 1. The van der Waals surface area contributed by atoms with Crippen molar-refractivity contribution < 1.29 is 8.42 Å². The maximum absolute atomic E-state index is 11.5. The number of nitrogens with one attached hydrogen (secondary N) is 1. The van der Waals surface area contributed by atoms with Crippen LogP contribution in [0.5, 0.6) is 0 Å². The van der Waals surface area contributed by atoms with E-state index in [2.05, 4.69) is 19.2 Å². The fraction of sp³-hybridized carbons (Fsp3) is 1.00. The van der Waals surface area contributed by atoms with Crippen LogP contribution in [-0.4, -0.2) is 56.2 Å². The summed E-state index contributed by atoms with van der Waals surface area (Å²) in [5.41, 5.74) is 0. The first-order valence-electron chi connectivity index (χ1n) is 6.69. The first kappa shape index (κ1) is 16.3. The molecule has 2 unspecified atom stereocenters. The maximum atomic E-state index is 11.5. The predicted molar refractivity (Wildman–Crippen MR) is 79.6 cm³/mol. The van der Waals surface area contributed by atoms with E-state index >= 15 is 0 Å². The number of hydrogen-bond donors (Lipinski definition) is 1. The molecule has 0 radical (unpaired) electrons. The van der Waals surface area contributed by atoms with Gasteiger partial charge in [0.05, 0.1) is 6.26 Å². The van der Waals surface area contributed by atoms with Crippen LogP contribution in [-0.2, 0) is 10.0 Å². The van der Waals surface area contributed by atoms with Crippen molar-refractivity contribution in [1.29, 1.82) is 0 Å². The third kappa shape index (κ3) is 5.91. The molecule has 0 spiro atoms. The second-order valence-electron chi connectivity index (χ2n) is 5.10. The highest BCUT2D eigenvalue weighted by Crippen LogP contribution is 2.18. The summed E-state index contributed by atoms with van der Waals surface area (Å²) in [6.45, 7) is 6.66.